The predicted molar refractivity (Wildman–Crippen MR) is 108 cm³/mol. The van der Waals surface area contributed by atoms with E-state index >= 15 is 0 Å². The van der Waals surface area contributed by atoms with E-state index in [-0.39, 0.29) is 27.4 Å². The predicted octanol–water partition coefficient (Wildman–Crippen LogP) is 6.38. The molecule has 7 heteroatoms. The van der Waals surface area contributed by atoms with Crippen molar-refractivity contribution < 1.29 is 14.0 Å². The molecule has 0 aliphatic rings. The maximum absolute atomic E-state index is 14.0. The molecule has 3 aromatic rings. The van der Waals surface area contributed by atoms with Gasteiger partial charge < -0.3 is 5.32 Å². The quantitative estimate of drug-likeness (QED) is 0.453. The molecule has 0 bridgehead atoms. The van der Waals surface area contributed by atoms with Gasteiger partial charge >= 0.3 is 0 Å². The fraction of sp³-hybridized carbons (Fsp3) is 0. The molecule has 1 amide bonds. The fourth-order valence-electron chi connectivity index (χ4n) is 2.47. The number of carbonyl (C=O) groups is 2. The average molecular weight is 467 g/mol. The van der Waals surface area contributed by atoms with Gasteiger partial charge in [-0.3, -0.25) is 9.59 Å². The SMILES string of the molecule is O=C(Nc1ccc(Cl)cc1C(=O)c1ccccc1Cl)c1ccc(Br)cc1F. The van der Waals surface area contributed by atoms with Gasteiger partial charge in [0.25, 0.3) is 5.91 Å². The lowest BCUT2D eigenvalue weighted by atomic mass is 10.0. The molecule has 0 aromatic heterocycles. The summed E-state index contributed by atoms with van der Waals surface area (Å²) in [6.07, 6.45) is 0. The number of hydrogen-bond acceptors (Lipinski definition) is 2. The van der Waals surface area contributed by atoms with E-state index in [1.165, 1.54) is 30.3 Å². The van der Waals surface area contributed by atoms with Crippen LogP contribution >= 0.6 is 39.1 Å². The number of anilines is 1. The van der Waals surface area contributed by atoms with Gasteiger partial charge in [0.1, 0.15) is 5.82 Å². The minimum atomic E-state index is -0.685. The first-order valence-corrected chi connectivity index (χ1v) is 9.27. The molecule has 0 atom stereocenters. The molecule has 0 heterocycles. The molecule has 0 saturated heterocycles. The number of carbonyl (C=O) groups excluding carboxylic acids is 2. The molecular formula is C20H11BrCl2FNO2. The van der Waals surface area contributed by atoms with E-state index in [1.54, 1.807) is 30.3 Å². The molecular weight excluding hydrogens is 456 g/mol. The second kappa shape index (κ2) is 8.21. The maximum atomic E-state index is 14.0. The highest BCUT2D eigenvalue weighted by atomic mass is 79.9. The van der Waals surface area contributed by atoms with Gasteiger partial charge in [0.05, 0.1) is 16.3 Å². The second-order valence-electron chi connectivity index (χ2n) is 5.58. The van der Waals surface area contributed by atoms with Crippen molar-refractivity contribution in [2.75, 3.05) is 5.32 Å². The summed E-state index contributed by atoms with van der Waals surface area (Å²) in [5.41, 5.74) is 0.481. The highest BCUT2D eigenvalue weighted by Crippen LogP contribution is 2.27. The van der Waals surface area contributed by atoms with E-state index in [1.807, 2.05) is 0 Å². The van der Waals surface area contributed by atoms with Crippen molar-refractivity contribution in [3.63, 3.8) is 0 Å². The standard InChI is InChI=1S/C20H11BrCl2FNO2/c21-11-5-7-14(17(24)9-11)20(27)25-18-8-6-12(22)10-15(18)19(26)13-3-1-2-4-16(13)23/h1-10H,(H,25,27). The van der Waals surface area contributed by atoms with Crippen LogP contribution in [0.5, 0.6) is 0 Å². The molecule has 3 rings (SSSR count). The summed E-state index contributed by atoms with van der Waals surface area (Å²) in [6, 6.07) is 15.1. The van der Waals surface area contributed by atoms with Gasteiger partial charge in [-0.25, -0.2) is 4.39 Å². The summed E-state index contributed by atoms with van der Waals surface area (Å²) in [5, 5.41) is 3.16. The van der Waals surface area contributed by atoms with Crippen LogP contribution in [0.4, 0.5) is 10.1 Å². The summed E-state index contributed by atoms with van der Waals surface area (Å²) < 4.78 is 14.6. The van der Waals surface area contributed by atoms with Gasteiger partial charge in [-0.05, 0) is 48.5 Å². The Kier molecular flexibility index (Phi) is 5.95. The van der Waals surface area contributed by atoms with Crippen molar-refractivity contribution in [3.8, 4) is 0 Å². The van der Waals surface area contributed by atoms with E-state index in [0.29, 0.717) is 9.50 Å². The normalized spacial score (nSPS) is 10.5. The van der Waals surface area contributed by atoms with Crippen molar-refractivity contribution in [2.45, 2.75) is 0 Å². The lowest BCUT2D eigenvalue weighted by Crippen LogP contribution is -2.16. The smallest absolute Gasteiger partial charge is 0.258 e. The molecule has 27 heavy (non-hydrogen) atoms. The van der Waals surface area contributed by atoms with Crippen LogP contribution in [-0.4, -0.2) is 11.7 Å². The highest BCUT2D eigenvalue weighted by Gasteiger charge is 2.20. The minimum absolute atomic E-state index is 0.149. The number of nitrogens with one attached hydrogen (secondary N) is 1. The lowest BCUT2D eigenvalue weighted by Gasteiger charge is -2.12. The molecule has 0 spiro atoms. The van der Waals surface area contributed by atoms with E-state index in [4.69, 9.17) is 23.2 Å². The third kappa shape index (κ3) is 4.38. The summed E-state index contributed by atoms with van der Waals surface area (Å²) >= 11 is 15.3. The summed E-state index contributed by atoms with van der Waals surface area (Å²) in [7, 11) is 0. The second-order valence-corrected chi connectivity index (χ2v) is 7.34. The monoisotopic (exact) mass is 465 g/mol. The third-order valence-corrected chi connectivity index (χ3v) is 4.83. The van der Waals surface area contributed by atoms with Gasteiger partial charge in [-0.1, -0.05) is 51.3 Å². The topological polar surface area (TPSA) is 46.2 Å². The average Bonchev–Trinajstić information content (AvgIpc) is 2.63. The van der Waals surface area contributed by atoms with Gasteiger partial charge in [0, 0.05) is 20.6 Å². The van der Waals surface area contributed by atoms with Crippen LogP contribution in [0.1, 0.15) is 26.3 Å². The van der Waals surface area contributed by atoms with Gasteiger partial charge in [0.2, 0.25) is 0 Å². The Balaban J connectivity index is 1.98. The van der Waals surface area contributed by atoms with Crippen molar-refractivity contribution >= 4 is 56.5 Å². The Morgan fingerprint density at radius 3 is 2.33 bits per heavy atom. The highest BCUT2D eigenvalue weighted by molar-refractivity contribution is 9.10. The van der Waals surface area contributed by atoms with Crippen molar-refractivity contribution in [1.29, 1.82) is 0 Å². The van der Waals surface area contributed by atoms with Gasteiger partial charge in [0.15, 0.2) is 5.78 Å². The molecule has 136 valence electrons. The Hall–Kier alpha value is -2.21. The van der Waals surface area contributed by atoms with Crippen LogP contribution in [0.25, 0.3) is 0 Å². The van der Waals surface area contributed by atoms with Crippen molar-refractivity contribution in [3.05, 3.63) is 97.7 Å². The van der Waals surface area contributed by atoms with Gasteiger partial charge in [-0.15, -0.1) is 0 Å². The number of amides is 1. The molecule has 0 aliphatic heterocycles. The van der Waals surface area contributed by atoms with Crippen molar-refractivity contribution in [1.82, 2.24) is 0 Å². The van der Waals surface area contributed by atoms with Crippen LogP contribution in [-0.2, 0) is 0 Å². The first-order valence-electron chi connectivity index (χ1n) is 7.72. The number of halogens is 4. The van der Waals surface area contributed by atoms with E-state index < -0.39 is 17.5 Å². The first kappa shape index (κ1) is 19.5. The molecule has 0 radical (unpaired) electrons. The molecule has 3 nitrogen and oxygen atoms in total. The molecule has 3 aromatic carbocycles. The van der Waals surface area contributed by atoms with E-state index in [9.17, 15) is 14.0 Å². The van der Waals surface area contributed by atoms with Crippen LogP contribution < -0.4 is 5.32 Å². The Labute approximate surface area is 173 Å². The molecule has 0 saturated carbocycles. The molecule has 0 fully saturated rings. The number of hydrogen-bond donors (Lipinski definition) is 1. The zero-order chi connectivity index (χ0) is 19.6. The Morgan fingerprint density at radius 1 is 0.889 bits per heavy atom. The molecule has 0 aliphatic carbocycles. The maximum Gasteiger partial charge on any atom is 0.258 e. The van der Waals surface area contributed by atoms with E-state index in [0.717, 1.165) is 0 Å². The Morgan fingerprint density at radius 2 is 1.63 bits per heavy atom. The van der Waals surface area contributed by atoms with Crippen LogP contribution in [0, 0.1) is 5.82 Å². The molecule has 1 N–H and O–H groups in total. The van der Waals surface area contributed by atoms with Crippen LogP contribution in [0.3, 0.4) is 0 Å². The number of ketones is 1. The van der Waals surface area contributed by atoms with Crippen LogP contribution in [0.2, 0.25) is 10.0 Å². The summed E-state index contributed by atoms with van der Waals surface area (Å²) in [6.45, 7) is 0. The zero-order valence-electron chi connectivity index (χ0n) is 13.6. The summed E-state index contributed by atoms with van der Waals surface area (Å²) in [5.74, 6) is -1.78. The number of rotatable bonds is 4. The van der Waals surface area contributed by atoms with Crippen LogP contribution in [0.15, 0.2) is 65.1 Å². The van der Waals surface area contributed by atoms with E-state index in [2.05, 4.69) is 21.2 Å². The third-order valence-electron chi connectivity index (χ3n) is 3.77. The minimum Gasteiger partial charge on any atom is -0.321 e. The fourth-order valence-corrected chi connectivity index (χ4v) is 3.19. The van der Waals surface area contributed by atoms with Gasteiger partial charge in [-0.2, -0.15) is 0 Å². The first-order chi connectivity index (χ1) is 12.9. The number of benzene rings is 3. The van der Waals surface area contributed by atoms with Crippen molar-refractivity contribution in [2.24, 2.45) is 0 Å². The summed E-state index contributed by atoms with van der Waals surface area (Å²) in [4.78, 5) is 25.4. The molecule has 0 unspecified atom stereocenters. The Bertz CT molecular complexity index is 1060. The lowest BCUT2D eigenvalue weighted by molar-refractivity contribution is 0.102. The zero-order valence-corrected chi connectivity index (χ0v) is 16.7. The largest absolute Gasteiger partial charge is 0.321 e.